The molecule has 1 saturated carbocycles. The number of aromatic amines is 1. The minimum atomic E-state index is -0.176. The second-order valence-corrected chi connectivity index (χ2v) is 4.89. The van der Waals surface area contributed by atoms with Gasteiger partial charge < -0.3 is 9.55 Å². The van der Waals surface area contributed by atoms with Gasteiger partial charge >= 0.3 is 0 Å². The number of hydrogen-bond acceptors (Lipinski definition) is 1. The van der Waals surface area contributed by atoms with Gasteiger partial charge in [-0.1, -0.05) is 0 Å². The minimum absolute atomic E-state index is 0.176. The van der Waals surface area contributed by atoms with Gasteiger partial charge in [0, 0.05) is 6.04 Å². The molecule has 0 unspecified atom stereocenters. The zero-order valence-corrected chi connectivity index (χ0v) is 9.90. The van der Waals surface area contributed by atoms with E-state index < -0.39 is 0 Å². The summed E-state index contributed by atoms with van der Waals surface area (Å²) in [6, 6.07) is 3.93. The molecule has 1 fully saturated rings. The van der Waals surface area contributed by atoms with Gasteiger partial charge in [-0.15, -0.1) is 0 Å². The average Bonchev–Trinajstić information content (AvgIpc) is 2.43. The van der Waals surface area contributed by atoms with E-state index in [9.17, 15) is 4.39 Å². The Hall–Kier alpha value is -1.16. The molecule has 2 aromatic rings. The van der Waals surface area contributed by atoms with Crippen molar-refractivity contribution in [2.75, 3.05) is 0 Å². The first-order valence-corrected chi connectivity index (χ1v) is 5.98. The van der Waals surface area contributed by atoms with Crippen molar-refractivity contribution in [3.05, 3.63) is 28.3 Å². The molecule has 0 atom stereocenters. The molecule has 3 rings (SSSR count). The molecule has 16 heavy (non-hydrogen) atoms. The Labute approximate surface area is 98.1 Å². The van der Waals surface area contributed by atoms with E-state index >= 15 is 0 Å². The molecule has 1 aromatic carbocycles. The fourth-order valence-corrected chi connectivity index (χ4v) is 2.62. The molecule has 0 bridgehead atoms. The topological polar surface area (TPSA) is 20.7 Å². The predicted molar refractivity (Wildman–Crippen MR) is 64.7 cm³/mol. The Bertz CT molecular complexity index is 607. The number of fused-ring (bicyclic) bond motifs is 1. The van der Waals surface area contributed by atoms with Gasteiger partial charge in [0.15, 0.2) is 4.77 Å². The van der Waals surface area contributed by atoms with Crippen molar-refractivity contribution >= 4 is 23.3 Å². The number of aromatic nitrogens is 2. The van der Waals surface area contributed by atoms with Gasteiger partial charge in [0.05, 0.1) is 11.0 Å². The first-order chi connectivity index (χ1) is 7.66. The third-order valence-electron chi connectivity index (χ3n) is 3.44. The summed E-state index contributed by atoms with van der Waals surface area (Å²) in [5, 5.41) is 0. The number of nitrogens with one attached hydrogen (secondary N) is 1. The number of halogens is 1. The SMILES string of the molecule is Cc1cc2c(cc1F)[nH]c(=S)n2C1CCC1. The lowest BCUT2D eigenvalue weighted by atomic mass is 9.93. The van der Waals surface area contributed by atoms with Crippen LogP contribution in [0, 0.1) is 17.5 Å². The number of nitrogens with zero attached hydrogens (tertiary/aromatic N) is 1. The van der Waals surface area contributed by atoms with E-state index in [-0.39, 0.29) is 5.82 Å². The summed E-state index contributed by atoms with van der Waals surface area (Å²) in [5.74, 6) is -0.176. The molecule has 1 heterocycles. The molecule has 0 aliphatic heterocycles. The summed E-state index contributed by atoms with van der Waals surface area (Å²) < 4.78 is 16.3. The van der Waals surface area contributed by atoms with Gasteiger partial charge in [-0.05, 0) is 56.1 Å². The highest BCUT2D eigenvalue weighted by atomic mass is 32.1. The molecule has 4 heteroatoms. The highest BCUT2D eigenvalue weighted by Crippen LogP contribution is 2.34. The zero-order valence-electron chi connectivity index (χ0n) is 9.09. The quantitative estimate of drug-likeness (QED) is 0.745. The van der Waals surface area contributed by atoms with Crippen LogP contribution in [0.25, 0.3) is 11.0 Å². The van der Waals surface area contributed by atoms with Crippen molar-refractivity contribution < 1.29 is 4.39 Å². The Morgan fingerprint density at radius 1 is 1.44 bits per heavy atom. The standard InChI is InChI=1S/C12H13FN2S/c1-7-5-11-10(6-9(7)13)14-12(16)15(11)8-3-2-4-8/h5-6,8H,2-4H2,1H3,(H,14,16). The van der Waals surface area contributed by atoms with Gasteiger partial charge in [0.25, 0.3) is 0 Å². The first kappa shape index (κ1) is 10.0. The lowest BCUT2D eigenvalue weighted by molar-refractivity contribution is 0.318. The van der Waals surface area contributed by atoms with E-state index in [1.165, 1.54) is 25.3 Å². The van der Waals surface area contributed by atoms with Crippen LogP contribution in [0.3, 0.4) is 0 Å². The van der Waals surface area contributed by atoms with Crippen molar-refractivity contribution in [3.8, 4) is 0 Å². The Kier molecular flexibility index (Phi) is 2.14. The van der Waals surface area contributed by atoms with E-state index in [0.29, 0.717) is 16.4 Å². The molecule has 84 valence electrons. The van der Waals surface area contributed by atoms with Gasteiger partial charge in [-0.2, -0.15) is 0 Å². The number of rotatable bonds is 1. The van der Waals surface area contributed by atoms with Crippen LogP contribution >= 0.6 is 12.2 Å². The van der Waals surface area contributed by atoms with Crippen molar-refractivity contribution in [3.63, 3.8) is 0 Å². The van der Waals surface area contributed by atoms with Crippen LogP contribution in [-0.4, -0.2) is 9.55 Å². The number of imidazole rings is 1. The average molecular weight is 236 g/mol. The highest BCUT2D eigenvalue weighted by Gasteiger charge is 2.22. The molecule has 1 aromatic heterocycles. The van der Waals surface area contributed by atoms with Crippen molar-refractivity contribution in [2.45, 2.75) is 32.2 Å². The third-order valence-corrected chi connectivity index (χ3v) is 3.74. The van der Waals surface area contributed by atoms with E-state index in [0.717, 1.165) is 11.0 Å². The summed E-state index contributed by atoms with van der Waals surface area (Å²) in [7, 11) is 0. The molecule has 1 N–H and O–H groups in total. The Morgan fingerprint density at radius 3 is 2.81 bits per heavy atom. The van der Waals surface area contributed by atoms with Crippen LogP contribution in [0.5, 0.6) is 0 Å². The maximum Gasteiger partial charge on any atom is 0.178 e. The number of hydrogen-bond donors (Lipinski definition) is 1. The summed E-state index contributed by atoms with van der Waals surface area (Å²) in [4.78, 5) is 3.08. The predicted octanol–water partition coefficient (Wildman–Crippen LogP) is 3.87. The fraction of sp³-hybridized carbons (Fsp3) is 0.417. The molecular weight excluding hydrogens is 223 g/mol. The second-order valence-electron chi connectivity index (χ2n) is 4.50. The van der Waals surface area contributed by atoms with Crippen LogP contribution in [0.1, 0.15) is 30.9 Å². The number of benzene rings is 1. The molecular formula is C12H13FN2S. The lowest BCUT2D eigenvalue weighted by Crippen LogP contribution is -2.16. The number of H-pyrrole nitrogens is 1. The Morgan fingerprint density at radius 2 is 2.19 bits per heavy atom. The minimum Gasteiger partial charge on any atom is -0.330 e. The molecule has 0 saturated heterocycles. The van der Waals surface area contributed by atoms with Gasteiger partial charge in [-0.3, -0.25) is 0 Å². The summed E-state index contributed by atoms with van der Waals surface area (Å²) in [6.45, 7) is 1.79. The second kappa shape index (κ2) is 3.42. The maximum atomic E-state index is 13.4. The highest BCUT2D eigenvalue weighted by molar-refractivity contribution is 7.71. The monoisotopic (exact) mass is 236 g/mol. The molecule has 0 radical (unpaired) electrons. The summed E-state index contributed by atoms with van der Waals surface area (Å²) in [5.41, 5.74) is 2.52. The molecule has 0 spiro atoms. The first-order valence-electron chi connectivity index (χ1n) is 5.57. The van der Waals surface area contributed by atoms with Crippen LogP contribution in [0.4, 0.5) is 4.39 Å². The normalized spacial score (nSPS) is 16.6. The van der Waals surface area contributed by atoms with Gasteiger partial charge in [0.2, 0.25) is 0 Å². The lowest BCUT2D eigenvalue weighted by Gasteiger charge is -2.27. The number of aryl methyl sites for hydroxylation is 1. The van der Waals surface area contributed by atoms with E-state index in [2.05, 4.69) is 9.55 Å². The van der Waals surface area contributed by atoms with Crippen molar-refractivity contribution in [1.82, 2.24) is 9.55 Å². The van der Waals surface area contributed by atoms with Crippen LogP contribution in [0.2, 0.25) is 0 Å². The van der Waals surface area contributed by atoms with E-state index in [1.807, 2.05) is 6.07 Å². The van der Waals surface area contributed by atoms with Crippen molar-refractivity contribution in [2.24, 2.45) is 0 Å². The Balaban J connectivity index is 2.30. The summed E-state index contributed by atoms with van der Waals surface area (Å²) >= 11 is 5.30. The van der Waals surface area contributed by atoms with Crippen molar-refractivity contribution in [1.29, 1.82) is 0 Å². The largest absolute Gasteiger partial charge is 0.330 e. The van der Waals surface area contributed by atoms with E-state index in [4.69, 9.17) is 12.2 Å². The molecule has 0 amide bonds. The summed E-state index contributed by atoms with van der Waals surface area (Å²) in [6.07, 6.45) is 3.62. The smallest absolute Gasteiger partial charge is 0.178 e. The van der Waals surface area contributed by atoms with E-state index in [1.54, 1.807) is 6.92 Å². The third kappa shape index (κ3) is 1.33. The van der Waals surface area contributed by atoms with Gasteiger partial charge in [0.1, 0.15) is 5.82 Å². The molecule has 1 aliphatic carbocycles. The molecule has 1 aliphatic rings. The van der Waals surface area contributed by atoms with Crippen LogP contribution < -0.4 is 0 Å². The fourth-order valence-electron chi connectivity index (χ4n) is 2.26. The zero-order chi connectivity index (χ0) is 11.3. The van der Waals surface area contributed by atoms with Crippen LogP contribution in [0.15, 0.2) is 12.1 Å². The van der Waals surface area contributed by atoms with Gasteiger partial charge in [-0.25, -0.2) is 4.39 Å². The van der Waals surface area contributed by atoms with Crippen LogP contribution in [-0.2, 0) is 0 Å². The maximum absolute atomic E-state index is 13.4. The molecule has 2 nitrogen and oxygen atoms in total.